The summed E-state index contributed by atoms with van der Waals surface area (Å²) >= 11 is 3.74. The van der Waals surface area contributed by atoms with Gasteiger partial charge in [-0.25, -0.2) is 0 Å². The molecule has 0 fully saturated rings. The third-order valence-electron chi connectivity index (χ3n) is 1.52. The first-order valence-corrected chi connectivity index (χ1v) is 3.84. The second-order valence-corrected chi connectivity index (χ2v) is 2.80. The van der Waals surface area contributed by atoms with Crippen LogP contribution in [0.25, 0.3) is 0 Å². The van der Waals surface area contributed by atoms with Gasteiger partial charge >= 0.3 is 6.18 Å². The van der Waals surface area contributed by atoms with Gasteiger partial charge in [0.1, 0.15) is 5.75 Å². The van der Waals surface area contributed by atoms with Gasteiger partial charge in [0.05, 0.1) is 17.6 Å². The van der Waals surface area contributed by atoms with Crippen molar-refractivity contribution < 1.29 is 17.9 Å². The number of rotatable bonds is 1. The van der Waals surface area contributed by atoms with Crippen molar-refractivity contribution in [1.29, 1.82) is 0 Å². The fourth-order valence-corrected chi connectivity index (χ4v) is 1.28. The number of thiol groups is 1. The maximum Gasteiger partial charge on any atom is 0.417 e. The number of hydrogen-bond acceptors (Lipinski definition) is 2. The van der Waals surface area contributed by atoms with Crippen LogP contribution in [0.2, 0.25) is 0 Å². The Morgan fingerprint density at radius 3 is 2.38 bits per heavy atom. The summed E-state index contributed by atoms with van der Waals surface area (Å²) in [4.78, 5) is -0.183. The highest BCUT2D eigenvalue weighted by molar-refractivity contribution is 7.80. The van der Waals surface area contributed by atoms with Crippen LogP contribution in [0.4, 0.5) is 13.2 Å². The zero-order chi connectivity index (χ0) is 10.1. The Hall–Kier alpha value is -0.840. The molecule has 0 aromatic heterocycles. The van der Waals surface area contributed by atoms with E-state index in [1.165, 1.54) is 19.2 Å². The highest BCUT2D eigenvalue weighted by Gasteiger charge is 2.33. The lowest BCUT2D eigenvalue weighted by molar-refractivity contribution is -0.139. The summed E-state index contributed by atoms with van der Waals surface area (Å²) in [5, 5.41) is 0. The van der Waals surface area contributed by atoms with Gasteiger partial charge in [-0.15, -0.1) is 12.6 Å². The van der Waals surface area contributed by atoms with Gasteiger partial charge in [0.15, 0.2) is 0 Å². The van der Waals surface area contributed by atoms with E-state index < -0.39 is 11.7 Å². The lowest BCUT2D eigenvalue weighted by Gasteiger charge is -2.11. The molecule has 0 saturated carbocycles. The molecule has 1 aromatic carbocycles. The van der Waals surface area contributed by atoms with Gasteiger partial charge in [-0.3, -0.25) is 0 Å². The predicted molar refractivity (Wildman–Crippen MR) is 45.2 cm³/mol. The fraction of sp³-hybridized carbons (Fsp3) is 0.250. The maximum atomic E-state index is 12.3. The quantitative estimate of drug-likeness (QED) is 0.698. The molecule has 0 atom stereocenters. The number of hydrogen-bond donors (Lipinski definition) is 1. The van der Waals surface area contributed by atoms with Crippen LogP contribution >= 0.6 is 12.6 Å². The summed E-state index contributed by atoms with van der Waals surface area (Å²) in [5.74, 6) is 0.123. The average molecular weight is 208 g/mol. The van der Waals surface area contributed by atoms with Crippen LogP contribution < -0.4 is 4.74 Å². The number of benzene rings is 1. The third kappa shape index (κ3) is 2.09. The van der Waals surface area contributed by atoms with Crippen molar-refractivity contribution in [3.8, 4) is 5.75 Å². The lowest BCUT2D eigenvalue weighted by Crippen LogP contribution is -2.06. The number of alkyl halides is 3. The van der Waals surface area contributed by atoms with Crippen molar-refractivity contribution >= 4 is 12.6 Å². The SMILES string of the molecule is COc1cccc(C(F)(F)F)c1S. The Balaban J connectivity index is 3.24. The number of halogens is 3. The molecule has 1 nitrogen and oxygen atoms in total. The highest BCUT2D eigenvalue weighted by atomic mass is 32.1. The van der Waals surface area contributed by atoms with Crippen LogP contribution in [0.3, 0.4) is 0 Å². The zero-order valence-electron chi connectivity index (χ0n) is 6.72. The Morgan fingerprint density at radius 1 is 1.31 bits per heavy atom. The van der Waals surface area contributed by atoms with Crippen LogP contribution in [0, 0.1) is 0 Å². The molecule has 0 spiro atoms. The van der Waals surface area contributed by atoms with Crippen molar-refractivity contribution in [3.63, 3.8) is 0 Å². The summed E-state index contributed by atoms with van der Waals surface area (Å²) in [6, 6.07) is 3.67. The van der Waals surface area contributed by atoms with E-state index in [1.54, 1.807) is 0 Å². The molecule has 13 heavy (non-hydrogen) atoms. The molecule has 0 radical (unpaired) electrons. The monoisotopic (exact) mass is 208 g/mol. The first-order valence-electron chi connectivity index (χ1n) is 3.40. The van der Waals surface area contributed by atoms with Gasteiger partial charge in [0.25, 0.3) is 0 Å². The normalized spacial score (nSPS) is 11.5. The summed E-state index contributed by atoms with van der Waals surface area (Å²) in [5.41, 5.74) is -0.782. The van der Waals surface area contributed by atoms with Crippen molar-refractivity contribution in [1.82, 2.24) is 0 Å². The van der Waals surface area contributed by atoms with Crippen molar-refractivity contribution in [2.75, 3.05) is 7.11 Å². The number of ether oxygens (including phenoxy) is 1. The molecular formula is C8H7F3OS. The van der Waals surface area contributed by atoms with Crippen LogP contribution in [0.1, 0.15) is 5.56 Å². The molecule has 0 unspecified atom stereocenters. The molecule has 0 amide bonds. The first-order chi connectivity index (χ1) is 5.96. The molecule has 1 rings (SSSR count). The molecule has 0 saturated heterocycles. The molecule has 0 bridgehead atoms. The molecule has 0 aliphatic heterocycles. The Bertz CT molecular complexity index is 309. The molecule has 5 heteroatoms. The van der Waals surface area contributed by atoms with Crippen LogP contribution in [-0.2, 0) is 6.18 Å². The lowest BCUT2D eigenvalue weighted by atomic mass is 10.2. The van der Waals surface area contributed by atoms with E-state index in [9.17, 15) is 13.2 Å². The van der Waals surface area contributed by atoms with Gasteiger partial charge in [0, 0.05) is 0 Å². The Morgan fingerprint density at radius 2 is 1.92 bits per heavy atom. The van der Waals surface area contributed by atoms with Crippen molar-refractivity contribution in [2.24, 2.45) is 0 Å². The molecule has 0 N–H and O–H groups in total. The van der Waals surface area contributed by atoms with Crippen LogP contribution in [-0.4, -0.2) is 7.11 Å². The van der Waals surface area contributed by atoms with E-state index in [2.05, 4.69) is 12.6 Å². The predicted octanol–water partition coefficient (Wildman–Crippen LogP) is 3.00. The summed E-state index contributed by atoms with van der Waals surface area (Å²) in [6.07, 6.45) is -4.38. The zero-order valence-corrected chi connectivity index (χ0v) is 7.62. The molecule has 0 aliphatic rings. The van der Waals surface area contributed by atoms with E-state index >= 15 is 0 Å². The van der Waals surface area contributed by atoms with E-state index in [1.807, 2.05) is 0 Å². The Kier molecular flexibility index (Phi) is 2.75. The van der Waals surface area contributed by atoms with E-state index in [0.29, 0.717) is 0 Å². The van der Waals surface area contributed by atoms with Crippen LogP contribution in [0.5, 0.6) is 5.75 Å². The van der Waals surface area contributed by atoms with E-state index in [4.69, 9.17) is 4.74 Å². The topological polar surface area (TPSA) is 9.23 Å². The summed E-state index contributed by atoms with van der Waals surface area (Å²) in [7, 11) is 1.30. The maximum absolute atomic E-state index is 12.3. The largest absolute Gasteiger partial charge is 0.496 e. The van der Waals surface area contributed by atoms with E-state index in [-0.39, 0.29) is 10.6 Å². The minimum atomic E-state index is -4.38. The molecule has 0 heterocycles. The minimum Gasteiger partial charge on any atom is -0.496 e. The summed E-state index contributed by atoms with van der Waals surface area (Å²) in [6.45, 7) is 0. The molecule has 1 aromatic rings. The van der Waals surface area contributed by atoms with Crippen molar-refractivity contribution in [3.05, 3.63) is 23.8 Å². The smallest absolute Gasteiger partial charge is 0.417 e. The van der Waals surface area contributed by atoms with E-state index in [0.717, 1.165) is 6.07 Å². The van der Waals surface area contributed by atoms with Gasteiger partial charge < -0.3 is 4.74 Å². The standard InChI is InChI=1S/C8H7F3OS/c1-12-6-4-2-3-5(7(6)13)8(9,10)11/h2-4,13H,1H3. The molecule has 72 valence electrons. The van der Waals surface area contributed by atoms with Gasteiger partial charge in [-0.05, 0) is 12.1 Å². The van der Waals surface area contributed by atoms with Gasteiger partial charge in [0.2, 0.25) is 0 Å². The number of methoxy groups -OCH3 is 1. The van der Waals surface area contributed by atoms with Gasteiger partial charge in [-0.1, -0.05) is 6.07 Å². The first kappa shape index (κ1) is 10.2. The highest BCUT2D eigenvalue weighted by Crippen LogP contribution is 2.37. The Labute approximate surface area is 78.9 Å². The van der Waals surface area contributed by atoms with Crippen molar-refractivity contribution in [2.45, 2.75) is 11.1 Å². The second-order valence-electron chi connectivity index (χ2n) is 2.35. The van der Waals surface area contributed by atoms with Gasteiger partial charge in [-0.2, -0.15) is 13.2 Å². The van der Waals surface area contributed by atoms with Crippen LogP contribution in [0.15, 0.2) is 23.1 Å². The minimum absolute atomic E-state index is 0.123. The fourth-order valence-electron chi connectivity index (χ4n) is 0.916. The average Bonchev–Trinajstić information content (AvgIpc) is 2.02. The molecular weight excluding hydrogens is 201 g/mol. The summed E-state index contributed by atoms with van der Waals surface area (Å²) < 4.78 is 41.5. The molecule has 0 aliphatic carbocycles. The second kappa shape index (κ2) is 3.49. The third-order valence-corrected chi connectivity index (χ3v) is 1.99.